The standard InChI is InChI=1S/C13H19N2/c1-5-15(3,4)13-10-14(2)12-9-7-6-8-11(12)13/h6-10H,5H2,1-4H3/q+1. The van der Waals surface area contributed by atoms with Crippen LogP contribution in [0.15, 0.2) is 30.5 Å². The minimum atomic E-state index is 0.932. The number of rotatable bonds is 2. The smallest absolute Gasteiger partial charge is 0.158 e. The van der Waals surface area contributed by atoms with Gasteiger partial charge < -0.3 is 4.57 Å². The molecular formula is C13H19N2+. The number of aromatic nitrogens is 1. The molecule has 0 aliphatic carbocycles. The fourth-order valence-electron chi connectivity index (χ4n) is 1.97. The lowest BCUT2D eigenvalue weighted by atomic mass is 10.2. The molecule has 0 atom stereocenters. The molecule has 2 heteroatoms. The van der Waals surface area contributed by atoms with Crippen molar-refractivity contribution in [2.24, 2.45) is 7.05 Å². The van der Waals surface area contributed by atoms with Crippen LogP contribution in [-0.2, 0) is 7.05 Å². The topological polar surface area (TPSA) is 4.93 Å². The molecule has 0 radical (unpaired) electrons. The number of nitrogens with zero attached hydrogens (tertiary/aromatic N) is 2. The molecule has 2 nitrogen and oxygen atoms in total. The maximum Gasteiger partial charge on any atom is 0.158 e. The summed E-state index contributed by atoms with van der Waals surface area (Å²) < 4.78 is 3.14. The van der Waals surface area contributed by atoms with Gasteiger partial charge in [-0.3, -0.25) is 4.48 Å². The Bertz CT molecular complexity index is 480. The van der Waals surface area contributed by atoms with Crippen LogP contribution in [0.3, 0.4) is 0 Å². The summed E-state index contributed by atoms with van der Waals surface area (Å²) in [4.78, 5) is 0. The summed E-state index contributed by atoms with van der Waals surface area (Å²) >= 11 is 0. The molecule has 0 unspecified atom stereocenters. The summed E-state index contributed by atoms with van der Waals surface area (Å²) in [6.07, 6.45) is 2.24. The van der Waals surface area contributed by atoms with Crippen molar-refractivity contribution in [3.63, 3.8) is 0 Å². The predicted molar refractivity (Wildman–Crippen MR) is 67.1 cm³/mol. The summed E-state index contributed by atoms with van der Waals surface area (Å²) in [5, 5.41) is 1.37. The fraction of sp³-hybridized carbons (Fsp3) is 0.385. The Morgan fingerprint density at radius 2 is 1.87 bits per heavy atom. The summed E-state index contributed by atoms with van der Waals surface area (Å²) in [5.41, 5.74) is 2.71. The van der Waals surface area contributed by atoms with Crippen LogP contribution >= 0.6 is 0 Å². The maximum atomic E-state index is 2.25. The second-order valence-electron chi connectivity index (χ2n) is 4.64. The van der Waals surface area contributed by atoms with E-state index in [1.165, 1.54) is 16.6 Å². The van der Waals surface area contributed by atoms with Gasteiger partial charge in [0.2, 0.25) is 0 Å². The van der Waals surface area contributed by atoms with Crippen molar-refractivity contribution in [3.05, 3.63) is 30.5 Å². The van der Waals surface area contributed by atoms with Crippen molar-refractivity contribution in [2.75, 3.05) is 20.6 Å². The van der Waals surface area contributed by atoms with Crippen molar-refractivity contribution in [2.45, 2.75) is 6.92 Å². The summed E-state index contributed by atoms with van der Waals surface area (Å²) in [7, 11) is 6.62. The molecule has 15 heavy (non-hydrogen) atoms. The molecule has 1 aromatic heterocycles. The number of aryl methyl sites for hydroxylation is 1. The molecule has 0 saturated heterocycles. The number of hydrogen-bond donors (Lipinski definition) is 0. The monoisotopic (exact) mass is 203 g/mol. The third kappa shape index (κ3) is 1.55. The van der Waals surface area contributed by atoms with E-state index in [9.17, 15) is 0 Å². The van der Waals surface area contributed by atoms with Crippen molar-refractivity contribution in [3.8, 4) is 0 Å². The van der Waals surface area contributed by atoms with Gasteiger partial charge in [-0.05, 0) is 19.1 Å². The normalized spacial score (nSPS) is 12.3. The van der Waals surface area contributed by atoms with Crippen LogP contribution in [-0.4, -0.2) is 25.2 Å². The molecule has 2 rings (SSSR count). The Morgan fingerprint density at radius 1 is 1.20 bits per heavy atom. The minimum Gasteiger partial charge on any atom is -0.345 e. The van der Waals surface area contributed by atoms with Crippen LogP contribution in [0.25, 0.3) is 10.9 Å². The molecule has 0 bridgehead atoms. The second-order valence-corrected chi connectivity index (χ2v) is 4.64. The average molecular weight is 203 g/mol. The van der Waals surface area contributed by atoms with Gasteiger partial charge in [0.05, 0.1) is 37.7 Å². The van der Waals surface area contributed by atoms with E-state index in [-0.39, 0.29) is 0 Å². The quantitative estimate of drug-likeness (QED) is 0.661. The molecule has 0 saturated carbocycles. The first-order valence-electron chi connectivity index (χ1n) is 5.44. The van der Waals surface area contributed by atoms with E-state index in [0.29, 0.717) is 0 Å². The lowest BCUT2D eigenvalue weighted by Crippen LogP contribution is -2.39. The van der Waals surface area contributed by atoms with Crippen LogP contribution in [0.5, 0.6) is 0 Å². The molecule has 0 N–H and O–H groups in total. The SMILES string of the molecule is CC[N+](C)(C)c1cn(C)c2ccccc12. The third-order valence-corrected chi connectivity index (χ3v) is 3.32. The van der Waals surface area contributed by atoms with E-state index in [1.807, 2.05) is 0 Å². The second kappa shape index (κ2) is 3.38. The zero-order valence-corrected chi connectivity index (χ0v) is 9.99. The first-order chi connectivity index (χ1) is 7.06. The Balaban J connectivity index is 2.72. The van der Waals surface area contributed by atoms with Gasteiger partial charge in [0.1, 0.15) is 0 Å². The van der Waals surface area contributed by atoms with E-state index in [4.69, 9.17) is 0 Å². The van der Waals surface area contributed by atoms with Gasteiger partial charge in [0, 0.05) is 7.05 Å². The molecule has 1 aromatic carbocycles. The van der Waals surface area contributed by atoms with E-state index in [2.05, 4.69) is 63.1 Å². The van der Waals surface area contributed by atoms with Crippen LogP contribution < -0.4 is 4.48 Å². The van der Waals surface area contributed by atoms with Gasteiger partial charge in [-0.15, -0.1) is 0 Å². The Labute approximate surface area is 91.3 Å². The highest BCUT2D eigenvalue weighted by Crippen LogP contribution is 2.30. The molecule has 0 amide bonds. The highest BCUT2D eigenvalue weighted by Gasteiger charge is 2.21. The zero-order valence-electron chi connectivity index (χ0n) is 9.99. The number of quaternary nitrogens is 1. The van der Waals surface area contributed by atoms with Gasteiger partial charge >= 0.3 is 0 Å². The number of hydrogen-bond acceptors (Lipinski definition) is 0. The number of benzene rings is 1. The zero-order chi connectivity index (χ0) is 11.1. The molecule has 2 aromatic rings. The highest BCUT2D eigenvalue weighted by molar-refractivity contribution is 5.92. The van der Waals surface area contributed by atoms with Crippen LogP contribution in [0.2, 0.25) is 0 Å². The van der Waals surface area contributed by atoms with Crippen LogP contribution in [0.4, 0.5) is 5.69 Å². The van der Waals surface area contributed by atoms with E-state index in [1.54, 1.807) is 0 Å². The average Bonchev–Trinajstić information content (AvgIpc) is 2.58. The molecule has 80 valence electrons. The Morgan fingerprint density at radius 3 is 2.53 bits per heavy atom. The van der Waals surface area contributed by atoms with Crippen molar-refractivity contribution >= 4 is 16.6 Å². The fourth-order valence-corrected chi connectivity index (χ4v) is 1.97. The molecule has 0 spiro atoms. The molecular weight excluding hydrogens is 184 g/mol. The maximum absolute atomic E-state index is 2.25. The third-order valence-electron chi connectivity index (χ3n) is 3.32. The van der Waals surface area contributed by atoms with Crippen LogP contribution in [0, 0.1) is 0 Å². The first-order valence-corrected chi connectivity index (χ1v) is 5.44. The van der Waals surface area contributed by atoms with Gasteiger partial charge in [-0.2, -0.15) is 0 Å². The summed E-state index contributed by atoms with van der Waals surface area (Å²) in [6, 6.07) is 8.59. The summed E-state index contributed by atoms with van der Waals surface area (Å²) in [6.45, 7) is 3.33. The minimum absolute atomic E-state index is 0.932. The van der Waals surface area contributed by atoms with Gasteiger partial charge in [-0.25, -0.2) is 0 Å². The van der Waals surface area contributed by atoms with Gasteiger partial charge in [0.25, 0.3) is 0 Å². The predicted octanol–water partition coefficient (Wildman–Crippen LogP) is 2.77. The van der Waals surface area contributed by atoms with Gasteiger partial charge in [0.15, 0.2) is 5.69 Å². The van der Waals surface area contributed by atoms with E-state index < -0.39 is 0 Å². The Kier molecular flexibility index (Phi) is 2.31. The first kappa shape index (κ1) is 10.2. The lowest BCUT2D eigenvalue weighted by molar-refractivity contribution is 0.423. The number of para-hydroxylation sites is 1. The molecule has 1 heterocycles. The van der Waals surface area contributed by atoms with Crippen molar-refractivity contribution in [1.82, 2.24) is 9.05 Å². The summed E-state index contributed by atoms with van der Waals surface area (Å²) in [5.74, 6) is 0. The van der Waals surface area contributed by atoms with Crippen molar-refractivity contribution in [1.29, 1.82) is 0 Å². The molecule has 0 aliphatic heterocycles. The lowest BCUT2D eigenvalue weighted by Gasteiger charge is -2.26. The van der Waals surface area contributed by atoms with E-state index >= 15 is 0 Å². The molecule has 0 aliphatic rings. The van der Waals surface area contributed by atoms with Gasteiger partial charge in [-0.1, -0.05) is 12.1 Å². The van der Waals surface area contributed by atoms with Crippen LogP contribution in [0.1, 0.15) is 6.92 Å². The van der Waals surface area contributed by atoms with Crippen molar-refractivity contribution < 1.29 is 0 Å². The number of fused-ring (bicyclic) bond motifs is 1. The highest BCUT2D eigenvalue weighted by atomic mass is 15.3. The largest absolute Gasteiger partial charge is 0.345 e. The molecule has 0 fully saturated rings. The Hall–Kier alpha value is -1.28. The van der Waals surface area contributed by atoms with E-state index in [0.717, 1.165) is 11.0 Å².